The van der Waals surface area contributed by atoms with E-state index in [1.54, 1.807) is 6.20 Å². The number of aromatic nitrogens is 2. The van der Waals surface area contributed by atoms with Crippen LogP contribution in [0.3, 0.4) is 0 Å². The first kappa shape index (κ1) is 16.2. The van der Waals surface area contributed by atoms with Gasteiger partial charge in [-0.05, 0) is 6.42 Å². The zero-order chi connectivity index (χ0) is 14.1. The van der Waals surface area contributed by atoms with Gasteiger partial charge in [0, 0.05) is 12.5 Å². The Kier molecular flexibility index (Phi) is 7.75. The number of nitrogens with zero attached hydrogens (tertiary/aromatic N) is 2. The van der Waals surface area contributed by atoms with Crippen molar-refractivity contribution in [3.05, 3.63) is 17.7 Å². The molecule has 0 radical (unpaired) electrons. The van der Waals surface area contributed by atoms with E-state index >= 15 is 0 Å². The van der Waals surface area contributed by atoms with Crippen molar-refractivity contribution in [2.24, 2.45) is 0 Å². The Labute approximate surface area is 120 Å². The Morgan fingerprint density at radius 2 is 2.05 bits per heavy atom. The smallest absolute Gasteiger partial charge is 0.160 e. The standard InChI is InChI=1S/C14H23ClN2O2/c1-4-5-6-18-7-8-19-13-10-16-14(11(2)3)17-12(13)9-15/h10-11H,4-9H2,1-3H3. The highest BCUT2D eigenvalue weighted by molar-refractivity contribution is 6.17. The molecule has 1 rings (SSSR count). The van der Waals surface area contributed by atoms with E-state index < -0.39 is 0 Å². The Morgan fingerprint density at radius 1 is 1.26 bits per heavy atom. The molecule has 0 spiro atoms. The third kappa shape index (κ3) is 5.74. The number of rotatable bonds is 9. The molecule has 0 aliphatic heterocycles. The van der Waals surface area contributed by atoms with Crippen LogP contribution in [0.15, 0.2) is 6.20 Å². The van der Waals surface area contributed by atoms with Crippen LogP contribution in [0.4, 0.5) is 0 Å². The molecule has 0 N–H and O–H groups in total. The summed E-state index contributed by atoms with van der Waals surface area (Å²) in [5.41, 5.74) is 0.744. The summed E-state index contributed by atoms with van der Waals surface area (Å²) in [4.78, 5) is 8.69. The maximum atomic E-state index is 5.89. The van der Waals surface area contributed by atoms with Crippen LogP contribution in [-0.4, -0.2) is 29.8 Å². The van der Waals surface area contributed by atoms with Gasteiger partial charge in [-0.2, -0.15) is 0 Å². The van der Waals surface area contributed by atoms with Gasteiger partial charge in [0.15, 0.2) is 5.75 Å². The van der Waals surface area contributed by atoms with Gasteiger partial charge in [0.2, 0.25) is 0 Å². The van der Waals surface area contributed by atoms with E-state index in [9.17, 15) is 0 Å². The number of hydrogen-bond donors (Lipinski definition) is 0. The molecular formula is C14H23ClN2O2. The molecule has 108 valence electrons. The number of ether oxygens (including phenoxy) is 2. The zero-order valence-electron chi connectivity index (χ0n) is 12.0. The van der Waals surface area contributed by atoms with Crippen molar-refractivity contribution in [3.8, 4) is 5.75 Å². The van der Waals surface area contributed by atoms with E-state index in [0.29, 0.717) is 24.8 Å². The number of halogens is 1. The average Bonchev–Trinajstić information content (AvgIpc) is 2.42. The van der Waals surface area contributed by atoms with E-state index in [2.05, 4.69) is 30.7 Å². The van der Waals surface area contributed by atoms with Crippen LogP contribution < -0.4 is 4.74 Å². The lowest BCUT2D eigenvalue weighted by Crippen LogP contribution is -2.10. The molecule has 0 aliphatic rings. The molecule has 0 bridgehead atoms. The lowest BCUT2D eigenvalue weighted by Gasteiger charge is -2.11. The van der Waals surface area contributed by atoms with Gasteiger partial charge < -0.3 is 9.47 Å². The highest BCUT2D eigenvalue weighted by Crippen LogP contribution is 2.19. The summed E-state index contributed by atoms with van der Waals surface area (Å²) in [7, 11) is 0. The first-order valence-electron chi connectivity index (χ1n) is 6.81. The number of alkyl halides is 1. The molecule has 0 atom stereocenters. The molecule has 0 saturated heterocycles. The second kappa shape index (κ2) is 9.10. The third-order valence-electron chi connectivity index (χ3n) is 2.62. The Morgan fingerprint density at radius 3 is 2.68 bits per heavy atom. The molecule has 19 heavy (non-hydrogen) atoms. The molecule has 1 heterocycles. The van der Waals surface area contributed by atoms with Gasteiger partial charge >= 0.3 is 0 Å². The van der Waals surface area contributed by atoms with Crippen molar-refractivity contribution >= 4 is 11.6 Å². The van der Waals surface area contributed by atoms with Gasteiger partial charge in [0.1, 0.15) is 18.1 Å². The van der Waals surface area contributed by atoms with Gasteiger partial charge in [-0.1, -0.05) is 27.2 Å². The Bertz CT molecular complexity index is 372. The summed E-state index contributed by atoms with van der Waals surface area (Å²) in [6, 6.07) is 0. The second-order valence-corrected chi connectivity index (χ2v) is 4.91. The van der Waals surface area contributed by atoms with Crippen molar-refractivity contribution in [1.29, 1.82) is 0 Å². The molecule has 5 heteroatoms. The largest absolute Gasteiger partial charge is 0.488 e. The monoisotopic (exact) mass is 286 g/mol. The molecule has 1 aromatic rings. The van der Waals surface area contributed by atoms with Crippen LogP contribution in [0.25, 0.3) is 0 Å². The molecule has 4 nitrogen and oxygen atoms in total. The maximum Gasteiger partial charge on any atom is 0.160 e. The summed E-state index contributed by atoms with van der Waals surface area (Å²) in [5, 5.41) is 0. The summed E-state index contributed by atoms with van der Waals surface area (Å²) < 4.78 is 11.0. The van der Waals surface area contributed by atoms with Gasteiger partial charge in [0.05, 0.1) is 18.7 Å². The highest BCUT2D eigenvalue weighted by Gasteiger charge is 2.09. The van der Waals surface area contributed by atoms with Crippen LogP contribution in [0.2, 0.25) is 0 Å². The number of hydrogen-bond acceptors (Lipinski definition) is 4. The predicted molar refractivity (Wildman–Crippen MR) is 76.9 cm³/mol. The predicted octanol–water partition coefficient (Wildman–Crippen LogP) is 3.53. The van der Waals surface area contributed by atoms with Crippen LogP contribution in [0.1, 0.15) is 51.0 Å². The lowest BCUT2D eigenvalue weighted by atomic mass is 10.2. The van der Waals surface area contributed by atoms with Crippen LogP contribution in [0.5, 0.6) is 5.75 Å². The fraction of sp³-hybridized carbons (Fsp3) is 0.714. The summed E-state index contributed by atoms with van der Waals surface area (Å²) in [6.45, 7) is 8.10. The average molecular weight is 287 g/mol. The topological polar surface area (TPSA) is 44.2 Å². The Hall–Kier alpha value is -0.870. The maximum absolute atomic E-state index is 5.89. The summed E-state index contributed by atoms with van der Waals surface area (Å²) in [6.07, 6.45) is 3.92. The van der Waals surface area contributed by atoms with Gasteiger partial charge in [-0.25, -0.2) is 9.97 Å². The molecule has 0 saturated carbocycles. The zero-order valence-corrected chi connectivity index (χ0v) is 12.7. The lowest BCUT2D eigenvalue weighted by molar-refractivity contribution is 0.0975. The van der Waals surface area contributed by atoms with Crippen molar-refractivity contribution in [3.63, 3.8) is 0 Å². The molecule has 0 unspecified atom stereocenters. The molecule has 0 aliphatic carbocycles. The highest BCUT2D eigenvalue weighted by atomic mass is 35.5. The van der Waals surface area contributed by atoms with E-state index in [-0.39, 0.29) is 5.92 Å². The van der Waals surface area contributed by atoms with Crippen LogP contribution in [0, 0.1) is 0 Å². The molecule has 0 aromatic carbocycles. The minimum absolute atomic E-state index is 0.286. The van der Waals surface area contributed by atoms with E-state index in [0.717, 1.165) is 31.0 Å². The van der Waals surface area contributed by atoms with Crippen molar-refractivity contribution in [2.45, 2.75) is 45.4 Å². The summed E-state index contributed by atoms with van der Waals surface area (Å²) >= 11 is 5.89. The van der Waals surface area contributed by atoms with Crippen LogP contribution in [-0.2, 0) is 10.6 Å². The van der Waals surface area contributed by atoms with E-state index in [1.807, 2.05) is 0 Å². The van der Waals surface area contributed by atoms with Crippen molar-refractivity contribution < 1.29 is 9.47 Å². The molecular weight excluding hydrogens is 264 g/mol. The fourth-order valence-corrected chi connectivity index (χ4v) is 1.67. The number of unbranched alkanes of at least 4 members (excludes halogenated alkanes) is 1. The summed E-state index contributed by atoms with van der Waals surface area (Å²) in [5.74, 6) is 2.06. The SMILES string of the molecule is CCCCOCCOc1cnc(C(C)C)nc1CCl. The van der Waals surface area contributed by atoms with Gasteiger partial charge in [0.25, 0.3) is 0 Å². The minimum atomic E-state index is 0.286. The van der Waals surface area contributed by atoms with Crippen molar-refractivity contribution in [2.75, 3.05) is 19.8 Å². The molecule has 0 fully saturated rings. The first-order valence-corrected chi connectivity index (χ1v) is 7.34. The molecule has 1 aromatic heterocycles. The fourth-order valence-electron chi connectivity index (χ4n) is 1.48. The quantitative estimate of drug-likeness (QED) is 0.514. The van der Waals surface area contributed by atoms with Crippen molar-refractivity contribution in [1.82, 2.24) is 9.97 Å². The van der Waals surface area contributed by atoms with Gasteiger partial charge in [-0.3, -0.25) is 0 Å². The Balaban J connectivity index is 2.44. The second-order valence-electron chi connectivity index (χ2n) is 4.64. The van der Waals surface area contributed by atoms with Crippen LogP contribution >= 0.6 is 11.6 Å². The van der Waals surface area contributed by atoms with Gasteiger partial charge in [-0.15, -0.1) is 11.6 Å². The normalized spacial score (nSPS) is 11.0. The van der Waals surface area contributed by atoms with E-state index in [4.69, 9.17) is 21.1 Å². The molecule has 0 amide bonds. The third-order valence-corrected chi connectivity index (χ3v) is 2.87. The van der Waals surface area contributed by atoms with E-state index in [1.165, 1.54) is 0 Å². The minimum Gasteiger partial charge on any atom is -0.488 e. The first-order chi connectivity index (χ1) is 9.19.